The number of alkyl halides is 1. The van der Waals surface area contributed by atoms with Crippen molar-refractivity contribution in [3.05, 3.63) is 30.2 Å². The van der Waals surface area contributed by atoms with Crippen LogP contribution in [0.5, 0.6) is 0 Å². The molecule has 0 aliphatic heterocycles. The molecule has 0 fully saturated rings. The number of hydrogen-bond acceptors (Lipinski definition) is 2. The van der Waals surface area contributed by atoms with Crippen molar-refractivity contribution in [3.8, 4) is 0 Å². The molecule has 0 radical (unpaired) electrons. The van der Waals surface area contributed by atoms with Crippen LogP contribution in [0.2, 0.25) is 0 Å². The Morgan fingerprint density at radius 1 is 1.46 bits per heavy atom. The third kappa shape index (κ3) is 1.78. The van der Waals surface area contributed by atoms with Gasteiger partial charge in [0.25, 0.3) is 0 Å². The Bertz CT molecular complexity index is 433. The van der Waals surface area contributed by atoms with Crippen molar-refractivity contribution in [2.75, 3.05) is 5.33 Å². The molecule has 2 rings (SSSR count). The SMILES string of the molecule is BrCC=Cc1cnc2nc[nH]c2c1. The van der Waals surface area contributed by atoms with Gasteiger partial charge < -0.3 is 4.98 Å². The van der Waals surface area contributed by atoms with E-state index in [1.807, 2.05) is 24.4 Å². The smallest absolute Gasteiger partial charge is 0.177 e. The van der Waals surface area contributed by atoms with Gasteiger partial charge >= 0.3 is 0 Å². The van der Waals surface area contributed by atoms with Crippen molar-refractivity contribution < 1.29 is 0 Å². The Kier molecular flexibility index (Phi) is 2.40. The van der Waals surface area contributed by atoms with E-state index in [4.69, 9.17) is 0 Å². The third-order valence-electron chi connectivity index (χ3n) is 1.69. The fraction of sp³-hybridized carbons (Fsp3) is 0.111. The van der Waals surface area contributed by atoms with Gasteiger partial charge in [-0.05, 0) is 11.6 Å². The number of nitrogens with zero attached hydrogens (tertiary/aromatic N) is 2. The third-order valence-corrected chi connectivity index (χ3v) is 2.07. The van der Waals surface area contributed by atoms with Crippen LogP contribution in [-0.2, 0) is 0 Å². The number of H-pyrrole nitrogens is 1. The molecule has 4 heteroatoms. The summed E-state index contributed by atoms with van der Waals surface area (Å²) in [6, 6.07) is 2.02. The molecule has 0 bridgehead atoms. The van der Waals surface area contributed by atoms with Crippen LogP contribution in [0, 0.1) is 0 Å². The van der Waals surface area contributed by atoms with Gasteiger partial charge in [0, 0.05) is 11.5 Å². The fourth-order valence-corrected chi connectivity index (χ4v) is 1.30. The second-order valence-electron chi connectivity index (χ2n) is 2.60. The Balaban J connectivity index is 2.42. The maximum Gasteiger partial charge on any atom is 0.177 e. The van der Waals surface area contributed by atoms with Crippen molar-refractivity contribution >= 4 is 33.2 Å². The van der Waals surface area contributed by atoms with E-state index in [0.29, 0.717) is 0 Å². The molecule has 2 aromatic heterocycles. The Hall–Kier alpha value is -1.16. The van der Waals surface area contributed by atoms with E-state index < -0.39 is 0 Å². The molecule has 13 heavy (non-hydrogen) atoms. The fourth-order valence-electron chi connectivity index (χ4n) is 1.12. The summed E-state index contributed by atoms with van der Waals surface area (Å²) in [7, 11) is 0. The number of aromatic nitrogens is 3. The molecule has 0 atom stereocenters. The average Bonchev–Trinajstić information content (AvgIpc) is 2.61. The summed E-state index contributed by atoms with van der Waals surface area (Å²) in [4.78, 5) is 11.2. The van der Waals surface area contributed by atoms with E-state index in [0.717, 1.165) is 22.1 Å². The van der Waals surface area contributed by atoms with Crippen molar-refractivity contribution in [2.24, 2.45) is 0 Å². The summed E-state index contributed by atoms with van der Waals surface area (Å²) in [6.45, 7) is 0. The van der Waals surface area contributed by atoms with Crippen LogP contribution in [0.1, 0.15) is 5.56 Å². The number of imidazole rings is 1. The number of aromatic amines is 1. The van der Waals surface area contributed by atoms with Gasteiger partial charge in [0.15, 0.2) is 5.65 Å². The number of rotatable bonds is 2. The predicted molar refractivity (Wildman–Crippen MR) is 56.7 cm³/mol. The van der Waals surface area contributed by atoms with Crippen molar-refractivity contribution in [3.63, 3.8) is 0 Å². The molecule has 0 saturated carbocycles. The standard InChI is InChI=1S/C9H8BrN3/c10-3-1-2-7-4-8-9(11-5-7)13-6-12-8/h1-2,4-6H,3H2,(H,11,12,13). The molecule has 66 valence electrons. The molecule has 0 amide bonds. The van der Waals surface area contributed by atoms with E-state index in [9.17, 15) is 0 Å². The summed E-state index contributed by atoms with van der Waals surface area (Å²) in [5, 5.41) is 0.855. The van der Waals surface area contributed by atoms with Gasteiger partial charge in [-0.2, -0.15) is 0 Å². The summed E-state index contributed by atoms with van der Waals surface area (Å²) in [5.74, 6) is 0. The Morgan fingerprint density at radius 3 is 3.23 bits per heavy atom. The Labute approximate surface area is 84.0 Å². The maximum atomic E-state index is 4.19. The highest BCUT2D eigenvalue weighted by atomic mass is 79.9. The van der Waals surface area contributed by atoms with E-state index in [2.05, 4.69) is 30.9 Å². The number of allylic oxidation sites excluding steroid dienone is 1. The highest BCUT2D eigenvalue weighted by molar-refractivity contribution is 9.09. The molecule has 0 spiro atoms. The molecule has 0 aliphatic rings. The summed E-state index contributed by atoms with van der Waals surface area (Å²) >= 11 is 3.32. The van der Waals surface area contributed by atoms with Crippen LogP contribution in [0.4, 0.5) is 0 Å². The average molecular weight is 238 g/mol. The summed E-state index contributed by atoms with van der Waals surface area (Å²) in [5.41, 5.74) is 2.81. The van der Waals surface area contributed by atoms with Gasteiger partial charge in [-0.3, -0.25) is 0 Å². The zero-order chi connectivity index (χ0) is 9.10. The minimum Gasteiger partial charge on any atom is -0.343 e. The first kappa shape index (κ1) is 8.44. The number of nitrogens with one attached hydrogen (secondary N) is 1. The molecular weight excluding hydrogens is 230 g/mol. The maximum absolute atomic E-state index is 4.19. The first-order chi connectivity index (χ1) is 6.40. The minimum atomic E-state index is 0.760. The number of fused-ring (bicyclic) bond motifs is 1. The van der Waals surface area contributed by atoms with Gasteiger partial charge in [0.2, 0.25) is 0 Å². The molecular formula is C9H8BrN3. The van der Waals surface area contributed by atoms with Crippen LogP contribution < -0.4 is 0 Å². The van der Waals surface area contributed by atoms with E-state index in [-0.39, 0.29) is 0 Å². The second-order valence-corrected chi connectivity index (χ2v) is 3.25. The normalized spacial score (nSPS) is 11.5. The van der Waals surface area contributed by atoms with Crippen LogP contribution in [0.25, 0.3) is 17.2 Å². The minimum absolute atomic E-state index is 0.760. The van der Waals surface area contributed by atoms with Crippen molar-refractivity contribution in [2.45, 2.75) is 0 Å². The summed E-state index contributed by atoms with van der Waals surface area (Å²) < 4.78 is 0. The zero-order valence-corrected chi connectivity index (χ0v) is 8.45. The van der Waals surface area contributed by atoms with Crippen LogP contribution in [0.3, 0.4) is 0 Å². The lowest BCUT2D eigenvalue weighted by Crippen LogP contribution is -1.79. The quantitative estimate of drug-likeness (QED) is 0.816. The molecule has 2 heterocycles. The lowest BCUT2D eigenvalue weighted by molar-refractivity contribution is 1.30. The van der Waals surface area contributed by atoms with Crippen LogP contribution in [0.15, 0.2) is 24.7 Å². The highest BCUT2D eigenvalue weighted by Crippen LogP contribution is 2.09. The zero-order valence-electron chi connectivity index (χ0n) is 6.87. The second kappa shape index (κ2) is 3.70. The summed E-state index contributed by atoms with van der Waals surface area (Å²) in [6.07, 6.45) is 7.50. The number of hydrogen-bond donors (Lipinski definition) is 1. The van der Waals surface area contributed by atoms with Gasteiger partial charge in [0.1, 0.15) is 0 Å². The van der Waals surface area contributed by atoms with Gasteiger partial charge in [-0.25, -0.2) is 9.97 Å². The molecule has 0 aliphatic carbocycles. The topological polar surface area (TPSA) is 41.6 Å². The lowest BCUT2D eigenvalue weighted by atomic mass is 10.2. The van der Waals surface area contributed by atoms with Gasteiger partial charge in [-0.15, -0.1) is 0 Å². The van der Waals surface area contributed by atoms with Gasteiger partial charge in [0.05, 0.1) is 11.8 Å². The molecule has 1 N–H and O–H groups in total. The van der Waals surface area contributed by atoms with E-state index in [1.165, 1.54) is 0 Å². The molecule has 0 aromatic carbocycles. The van der Waals surface area contributed by atoms with Crippen molar-refractivity contribution in [1.29, 1.82) is 0 Å². The van der Waals surface area contributed by atoms with E-state index in [1.54, 1.807) is 6.33 Å². The van der Waals surface area contributed by atoms with Crippen LogP contribution >= 0.6 is 15.9 Å². The number of pyridine rings is 1. The number of halogens is 1. The molecule has 3 nitrogen and oxygen atoms in total. The first-order valence-corrected chi connectivity index (χ1v) is 5.04. The van der Waals surface area contributed by atoms with Crippen molar-refractivity contribution in [1.82, 2.24) is 15.0 Å². The molecule has 0 saturated heterocycles. The highest BCUT2D eigenvalue weighted by Gasteiger charge is 1.96. The van der Waals surface area contributed by atoms with Gasteiger partial charge in [-0.1, -0.05) is 28.1 Å². The molecule has 2 aromatic rings. The van der Waals surface area contributed by atoms with E-state index >= 15 is 0 Å². The lowest BCUT2D eigenvalue weighted by Gasteiger charge is -1.91. The Morgan fingerprint density at radius 2 is 2.38 bits per heavy atom. The largest absolute Gasteiger partial charge is 0.343 e. The predicted octanol–water partition coefficient (Wildman–Crippen LogP) is 2.37. The molecule has 0 unspecified atom stereocenters. The monoisotopic (exact) mass is 237 g/mol. The first-order valence-electron chi connectivity index (χ1n) is 3.92. The van der Waals surface area contributed by atoms with Crippen LogP contribution in [-0.4, -0.2) is 20.3 Å².